The van der Waals surface area contributed by atoms with E-state index in [9.17, 15) is 9.59 Å². The molecule has 0 unspecified atom stereocenters. The number of nitrogens with one attached hydrogen (secondary N) is 1. The van der Waals surface area contributed by atoms with Crippen molar-refractivity contribution < 1.29 is 9.59 Å². The zero-order chi connectivity index (χ0) is 20.0. The van der Waals surface area contributed by atoms with Crippen molar-refractivity contribution in [3.8, 4) is 0 Å². The Morgan fingerprint density at radius 3 is 2.41 bits per heavy atom. The van der Waals surface area contributed by atoms with Gasteiger partial charge in [-0.3, -0.25) is 9.59 Å². The normalized spacial score (nSPS) is 11.9. The van der Waals surface area contributed by atoms with Gasteiger partial charge in [0.15, 0.2) is 0 Å². The molecule has 144 valence electrons. The summed E-state index contributed by atoms with van der Waals surface area (Å²) in [6.45, 7) is 6.70. The van der Waals surface area contributed by atoms with Gasteiger partial charge in [0.2, 0.25) is 5.91 Å². The Morgan fingerprint density at radius 2 is 1.81 bits per heavy atom. The van der Waals surface area contributed by atoms with Gasteiger partial charge in [-0.15, -0.1) is 0 Å². The molecule has 0 saturated heterocycles. The molecule has 0 aliphatic carbocycles. The van der Waals surface area contributed by atoms with E-state index in [0.717, 1.165) is 5.56 Å². The molecule has 0 saturated carbocycles. The minimum Gasteiger partial charge on any atom is -0.335 e. The number of nitrogens with two attached hydrogens (primary N) is 1. The molecular formula is C21H26ClN3O2. The lowest BCUT2D eigenvalue weighted by atomic mass is 10.0. The van der Waals surface area contributed by atoms with Gasteiger partial charge in [0.05, 0.1) is 16.6 Å². The van der Waals surface area contributed by atoms with Crippen LogP contribution in [0.1, 0.15) is 36.7 Å². The summed E-state index contributed by atoms with van der Waals surface area (Å²) in [5.41, 5.74) is 7.77. The smallest absolute Gasteiger partial charge is 0.255 e. The molecule has 3 N–H and O–H groups in total. The first-order chi connectivity index (χ1) is 12.8. The molecule has 0 heterocycles. The maximum Gasteiger partial charge on any atom is 0.255 e. The predicted molar refractivity (Wildman–Crippen MR) is 110 cm³/mol. The second-order valence-corrected chi connectivity index (χ2v) is 7.17. The average molecular weight is 388 g/mol. The molecule has 2 amide bonds. The molecule has 0 aliphatic heterocycles. The third-order valence-electron chi connectivity index (χ3n) is 4.37. The molecule has 5 nitrogen and oxygen atoms in total. The van der Waals surface area contributed by atoms with Crippen molar-refractivity contribution in [1.82, 2.24) is 4.90 Å². The average Bonchev–Trinajstić information content (AvgIpc) is 2.67. The number of hydrogen-bond donors (Lipinski definition) is 2. The number of carbonyl (C=O) groups is 2. The second kappa shape index (κ2) is 9.53. The van der Waals surface area contributed by atoms with E-state index in [1.165, 1.54) is 0 Å². The maximum absolute atomic E-state index is 13.0. The monoisotopic (exact) mass is 387 g/mol. The third-order valence-corrected chi connectivity index (χ3v) is 4.70. The SMILES string of the molecule is CCN(Cc1ccccc1)C(=O)c1cc(NC(=O)[C@@H](N)C(C)C)ccc1Cl. The summed E-state index contributed by atoms with van der Waals surface area (Å²) in [5.74, 6) is -0.460. The summed E-state index contributed by atoms with van der Waals surface area (Å²) >= 11 is 6.26. The fraction of sp³-hybridized carbons (Fsp3) is 0.333. The zero-order valence-corrected chi connectivity index (χ0v) is 16.7. The molecule has 2 rings (SSSR count). The summed E-state index contributed by atoms with van der Waals surface area (Å²) in [5, 5.41) is 3.10. The van der Waals surface area contributed by atoms with Gasteiger partial charge in [0.25, 0.3) is 5.91 Å². The first kappa shape index (κ1) is 20.9. The topological polar surface area (TPSA) is 75.4 Å². The Morgan fingerprint density at radius 1 is 1.15 bits per heavy atom. The Labute approximate surface area is 165 Å². The van der Waals surface area contributed by atoms with E-state index in [2.05, 4.69) is 5.32 Å². The van der Waals surface area contributed by atoms with Gasteiger partial charge in [-0.2, -0.15) is 0 Å². The van der Waals surface area contributed by atoms with Gasteiger partial charge >= 0.3 is 0 Å². The van der Waals surface area contributed by atoms with Crippen LogP contribution < -0.4 is 11.1 Å². The van der Waals surface area contributed by atoms with E-state index in [4.69, 9.17) is 17.3 Å². The zero-order valence-electron chi connectivity index (χ0n) is 15.9. The fourth-order valence-electron chi connectivity index (χ4n) is 2.60. The molecular weight excluding hydrogens is 362 g/mol. The summed E-state index contributed by atoms with van der Waals surface area (Å²) < 4.78 is 0. The van der Waals surface area contributed by atoms with Crippen LogP contribution in [-0.4, -0.2) is 29.3 Å². The second-order valence-electron chi connectivity index (χ2n) is 6.76. The van der Waals surface area contributed by atoms with Crippen molar-refractivity contribution in [1.29, 1.82) is 0 Å². The molecule has 6 heteroatoms. The third kappa shape index (κ3) is 5.55. The molecule has 2 aromatic carbocycles. The van der Waals surface area contributed by atoms with Gasteiger partial charge in [-0.25, -0.2) is 0 Å². The number of nitrogens with zero attached hydrogens (tertiary/aromatic N) is 1. The molecule has 2 aromatic rings. The van der Waals surface area contributed by atoms with Crippen LogP contribution in [0.25, 0.3) is 0 Å². The lowest BCUT2D eigenvalue weighted by Gasteiger charge is -2.22. The van der Waals surface area contributed by atoms with E-state index >= 15 is 0 Å². The highest BCUT2D eigenvalue weighted by atomic mass is 35.5. The number of anilines is 1. The standard InChI is InChI=1S/C21H26ClN3O2/c1-4-25(13-15-8-6-5-7-9-15)21(27)17-12-16(10-11-18(17)22)24-20(26)19(23)14(2)3/h5-12,14,19H,4,13,23H2,1-3H3,(H,24,26)/t19-/m0/s1. The van der Waals surface area contributed by atoms with Gasteiger partial charge in [0.1, 0.15) is 0 Å². The van der Waals surface area contributed by atoms with Crippen LogP contribution in [0, 0.1) is 5.92 Å². The highest BCUT2D eigenvalue weighted by molar-refractivity contribution is 6.34. The van der Waals surface area contributed by atoms with Crippen LogP contribution in [0.5, 0.6) is 0 Å². The molecule has 1 atom stereocenters. The van der Waals surface area contributed by atoms with Crippen molar-refractivity contribution in [2.24, 2.45) is 11.7 Å². The van der Waals surface area contributed by atoms with E-state index in [1.807, 2.05) is 51.1 Å². The number of benzene rings is 2. The largest absolute Gasteiger partial charge is 0.335 e. The molecule has 0 radical (unpaired) electrons. The minimum absolute atomic E-state index is 0.0138. The van der Waals surface area contributed by atoms with Crippen LogP contribution >= 0.6 is 11.6 Å². The molecule has 0 aliphatic rings. The van der Waals surface area contributed by atoms with E-state index in [0.29, 0.717) is 29.4 Å². The molecule has 0 spiro atoms. The van der Waals surface area contributed by atoms with Crippen molar-refractivity contribution in [2.75, 3.05) is 11.9 Å². The Bertz CT molecular complexity index is 793. The van der Waals surface area contributed by atoms with Crippen molar-refractivity contribution in [3.05, 3.63) is 64.7 Å². The van der Waals surface area contributed by atoms with Crippen LogP contribution in [0.2, 0.25) is 5.02 Å². The highest BCUT2D eigenvalue weighted by Crippen LogP contribution is 2.23. The molecule has 0 bridgehead atoms. The van der Waals surface area contributed by atoms with E-state index in [1.54, 1.807) is 23.1 Å². The summed E-state index contributed by atoms with van der Waals surface area (Å²) in [6, 6.07) is 14.0. The molecule has 27 heavy (non-hydrogen) atoms. The van der Waals surface area contributed by atoms with Crippen molar-refractivity contribution in [3.63, 3.8) is 0 Å². The fourth-order valence-corrected chi connectivity index (χ4v) is 2.80. The Kier molecular flexibility index (Phi) is 7.39. The quantitative estimate of drug-likeness (QED) is 0.755. The van der Waals surface area contributed by atoms with Gasteiger partial charge in [-0.05, 0) is 36.6 Å². The van der Waals surface area contributed by atoms with Crippen LogP contribution in [-0.2, 0) is 11.3 Å². The molecule has 0 aromatic heterocycles. The van der Waals surface area contributed by atoms with Gasteiger partial charge in [-0.1, -0.05) is 55.8 Å². The number of halogens is 1. The van der Waals surface area contributed by atoms with E-state index in [-0.39, 0.29) is 17.7 Å². The van der Waals surface area contributed by atoms with Crippen molar-refractivity contribution >= 4 is 29.1 Å². The number of carbonyl (C=O) groups excluding carboxylic acids is 2. The lowest BCUT2D eigenvalue weighted by molar-refractivity contribution is -0.118. The van der Waals surface area contributed by atoms with Gasteiger partial charge in [0, 0.05) is 18.8 Å². The first-order valence-electron chi connectivity index (χ1n) is 9.02. The maximum atomic E-state index is 13.0. The Hall–Kier alpha value is -2.37. The highest BCUT2D eigenvalue weighted by Gasteiger charge is 2.20. The lowest BCUT2D eigenvalue weighted by Crippen LogP contribution is -2.39. The number of hydrogen-bond acceptors (Lipinski definition) is 3. The Balaban J connectivity index is 2.20. The summed E-state index contributed by atoms with van der Waals surface area (Å²) in [4.78, 5) is 26.9. The number of rotatable bonds is 7. The van der Waals surface area contributed by atoms with E-state index < -0.39 is 6.04 Å². The van der Waals surface area contributed by atoms with Crippen LogP contribution in [0.15, 0.2) is 48.5 Å². The summed E-state index contributed by atoms with van der Waals surface area (Å²) in [6.07, 6.45) is 0. The molecule has 0 fully saturated rings. The first-order valence-corrected chi connectivity index (χ1v) is 9.40. The minimum atomic E-state index is -0.620. The predicted octanol–water partition coefficient (Wildman–Crippen LogP) is 3.92. The van der Waals surface area contributed by atoms with Crippen LogP contribution in [0.4, 0.5) is 5.69 Å². The summed E-state index contributed by atoms with van der Waals surface area (Å²) in [7, 11) is 0. The van der Waals surface area contributed by atoms with Gasteiger partial charge < -0.3 is 16.0 Å². The number of amides is 2. The van der Waals surface area contributed by atoms with Crippen molar-refractivity contribution in [2.45, 2.75) is 33.4 Å². The van der Waals surface area contributed by atoms with Crippen LogP contribution in [0.3, 0.4) is 0 Å².